The van der Waals surface area contributed by atoms with Gasteiger partial charge in [-0.1, -0.05) is 74.0 Å². The average Bonchev–Trinajstić information content (AvgIpc) is 2.90. The van der Waals surface area contributed by atoms with Crippen molar-refractivity contribution in [2.45, 2.75) is 38.8 Å². The highest BCUT2D eigenvalue weighted by molar-refractivity contribution is 14.1. The van der Waals surface area contributed by atoms with Crippen LogP contribution in [0.5, 0.6) is 0 Å². The zero-order chi connectivity index (χ0) is 27.5. The number of carbonyl (C=O) groups excluding carboxylic acids is 2. The summed E-state index contributed by atoms with van der Waals surface area (Å²) in [6, 6.07) is 25.1. The molecule has 0 aromatic heterocycles. The van der Waals surface area contributed by atoms with Gasteiger partial charge in [-0.05, 0) is 64.4 Å². The quantitative estimate of drug-likeness (QED) is 0.217. The molecule has 38 heavy (non-hydrogen) atoms. The van der Waals surface area contributed by atoms with Gasteiger partial charge in [0.05, 0.1) is 11.9 Å². The Bertz CT molecular complexity index is 1290. The number of hydrogen-bond acceptors (Lipinski definition) is 4. The van der Waals surface area contributed by atoms with Crippen LogP contribution in [0.1, 0.15) is 30.9 Å². The molecule has 1 atom stereocenters. The molecular formula is C29H34IN3O4S. The molecular weight excluding hydrogens is 613 g/mol. The highest BCUT2D eigenvalue weighted by Crippen LogP contribution is 2.21. The smallest absolute Gasteiger partial charge is 0.244 e. The van der Waals surface area contributed by atoms with Crippen LogP contribution in [0.15, 0.2) is 84.9 Å². The number of nitrogens with zero attached hydrogens (tertiary/aromatic N) is 2. The summed E-state index contributed by atoms with van der Waals surface area (Å²) in [5, 5.41) is 2.98. The highest BCUT2D eigenvalue weighted by atomic mass is 127. The maximum Gasteiger partial charge on any atom is 0.244 e. The third kappa shape index (κ3) is 8.83. The maximum absolute atomic E-state index is 13.9. The molecule has 0 spiro atoms. The van der Waals surface area contributed by atoms with Gasteiger partial charge < -0.3 is 10.2 Å². The average molecular weight is 648 g/mol. The van der Waals surface area contributed by atoms with Crippen molar-refractivity contribution < 1.29 is 18.0 Å². The predicted molar refractivity (Wildman–Crippen MR) is 160 cm³/mol. The Morgan fingerprint density at radius 3 is 2.03 bits per heavy atom. The number of carbonyl (C=O) groups is 2. The first kappa shape index (κ1) is 29.6. The Morgan fingerprint density at radius 2 is 1.47 bits per heavy atom. The van der Waals surface area contributed by atoms with Crippen LogP contribution in [0.2, 0.25) is 0 Å². The lowest BCUT2D eigenvalue weighted by Crippen LogP contribution is -2.53. The number of anilines is 1. The molecule has 9 heteroatoms. The molecule has 0 fully saturated rings. The fraction of sp³-hybridized carbons (Fsp3) is 0.310. The Hall–Kier alpha value is -2.92. The Labute approximate surface area is 239 Å². The normalized spacial score (nSPS) is 12.0. The van der Waals surface area contributed by atoms with Crippen LogP contribution < -0.4 is 9.62 Å². The topological polar surface area (TPSA) is 86.8 Å². The van der Waals surface area contributed by atoms with E-state index < -0.39 is 28.5 Å². The molecule has 0 saturated heterocycles. The summed E-state index contributed by atoms with van der Waals surface area (Å²) in [6.07, 6.45) is 3.14. The predicted octanol–water partition coefficient (Wildman–Crippen LogP) is 4.61. The third-order valence-electron chi connectivity index (χ3n) is 6.09. The number of rotatable bonds is 13. The number of hydrogen-bond donors (Lipinski definition) is 1. The summed E-state index contributed by atoms with van der Waals surface area (Å²) in [5.41, 5.74) is 2.15. The molecule has 2 amide bonds. The first-order valence-electron chi connectivity index (χ1n) is 12.6. The van der Waals surface area contributed by atoms with E-state index in [0.29, 0.717) is 18.7 Å². The number of benzene rings is 3. The highest BCUT2D eigenvalue weighted by Gasteiger charge is 2.32. The number of amides is 2. The first-order valence-corrected chi connectivity index (χ1v) is 15.5. The molecule has 1 N–H and O–H groups in total. The van der Waals surface area contributed by atoms with E-state index >= 15 is 0 Å². The van der Waals surface area contributed by atoms with Crippen molar-refractivity contribution >= 4 is 50.1 Å². The zero-order valence-corrected chi connectivity index (χ0v) is 24.7. The molecule has 0 unspecified atom stereocenters. The van der Waals surface area contributed by atoms with Gasteiger partial charge >= 0.3 is 0 Å². The van der Waals surface area contributed by atoms with Crippen molar-refractivity contribution in [3.63, 3.8) is 0 Å². The Morgan fingerprint density at radius 1 is 0.895 bits per heavy atom. The van der Waals surface area contributed by atoms with Crippen molar-refractivity contribution in [1.82, 2.24) is 10.2 Å². The van der Waals surface area contributed by atoms with Gasteiger partial charge in [-0.2, -0.15) is 0 Å². The minimum Gasteiger partial charge on any atom is -0.354 e. The van der Waals surface area contributed by atoms with E-state index in [4.69, 9.17) is 0 Å². The fourth-order valence-corrected chi connectivity index (χ4v) is 5.27. The minimum absolute atomic E-state index is 0.169. The summed E-state index contributed by atoms with van der Waals surface area (Å²) in [6.45, 7) is 2.30. The summed E-state index contributed by atoms with van der Waals surface area (Å²) >= 11 is 2.14. The molecule has 3 rings (SSSR count). The standard InChI is InChI=1S/C29H34IN3O4S/c1-3-4-19-31-29(35)27(20-23-11-7-5-8-12-23)32(21-24-13-9-6-10-14-24)28(34)22-33(38(2,36)37)26-17-15-25(30)16-18-26/h5-18,27H,3-4,19-22H2,1-2H3,(H,31,35)/t27-/m1/s1. The third-order valence-corrected chi connectivity index (χ3v) is 7.95. The van der Waals surface area contributed by atoms with Gasteiger partial charge in [0.15, 0.2) is 0 Å². The maximum atomic E-state index is 13.9. The largest absolute Gasteiger partial charge is 0.354 e. The van der Waals surface area contributed by atoms with Gasteiger partial charge in [0.2, 0.25) is 21.8 Å². The molecule has 7 nitrogen and oxygen atoms in total. The number of sulfonamides is 1. The molecule has 3 aromatic carbocycles. The number of halogens is 1. The molecule has 3 aromatic rings. The Kier molecular flexibility index (Phi) is 11.1. The molecule has 0 heterocycles. The van der Waals surface area contributed by atoms with E-state index in [2.05, 4.69) is 27.9 Å². The molecule has 0 aliphatic rings. The van der Waals surface area contributed by atoms with Gasteiger partial charge in [0.1, 0.15) is 12.6 Å². The molecule has 0 aliphatic heterocycles. The van der Waals surface area contributed by atoms with Crippen molar-refractivity contribution in [3.8, 4) is 0 Å². The second-order valence-corrected chi connectivity index (χ2v) is 12.3. The zero-order valence-electron chi connectivity index (χ0n) is 21.7. The van der Waals surface area contributed by atoms with E-state index in [-0.39, 0.29) is 12.5 Å². The van der Waals surface area contributed by atoms with Gasteiger partial charge in [-0.3, -0.25) is 13.9 Å². The summed E-state index contributed by atoms with van der Waals surface area (Å²) < 4.78 is 27.6. The van der Waals surface area contributed by atoms with E-state index in [1.165, 1.54) is 4.90 Å². The van der Waals surface area contributed by atoms with Crippen LogP contribution >= 0.6 is 22.6 Å². The molecule has 202 valence electrons. The van der Waals surface area contributed by atoms with Crippen molar-refractivity contribution in [1.29, 1.82) is 0 Å². The van der Waals surface area contributed by atoms with Crippen LogP contribution in [-0.4, -0.2) is 50.5 Å². The van der Waals surface area contributed by atoms with Crippen LogP contribution in [-0.2, 0) is 32.6 Å². The van der Waals surface area contributed by atoms with Crippen LogP contribution in [0.4, 0.5) is 5.69 Å². The molecule has 0 radical (unpaired) electrons. The van der Waals surface area contributed by atoms with E-state index in [1.54, 1.807) is 24.3 Å². The van der Waals surface area contributed by atoms with Gasteiger partial charge in [0, 0.05) is 23.1 Å². The fourth-order valence-electron chi connectivity index (χ4n) is 4.06. The number of nitrogens with one attached hydrogen (secondary N) is 1. The van der Waals surface area contributed by atoms with E-state index in [0.717, 1.165) is 38.1 Å². The minimum atomic E-state index is -3.77. The lowest BCUT2D eigenvalue weighted by atomic mass is 10.0. The SMILES string of the molecule is CCCCNC(=O)[C@@H](Cc1ccccc1)N(Cc1ccccc1)C(=O)CN(c1ccc(I)cc1)S(C)(=O)=O. The molecule has 0 bridgehead atoms. The lowest BCUT2D eigenvalue weighted by molar-refractivity contribution is -0.140. The summed E-state index contributed by atoms with van der Waals surface area (Å²) in [7, 11) is -3.77. The van der Waals surface area contributed by atoms with Gasteiger partial charge in [-0.15, -0.1) is 0 Å². The van der Waals surface area contributed by atoms with Crippen molar-refractivity contribution in [2.75, 3.05) is 23.7 Å². The van der Waals surface area contributed by atoms with Crippen LogP contribution in [0.25, 0.3) is 0 Å². The lowest BCUT2D eigenvalue weighted by Gasteiger charge is -2.33. The first-order chi connectivity index (χ1) is 18.2. The van der Waals surface area contributed by atoms with E-state index in [9.17, 15) is 18.0 Å². The van der Waals surface area contributed by atoms with Crippen LogP contribution in [0, 0.1) is 3.57 Å². The molecule has 0 aliphatic carbocycles. The molecule has 0 saturated carbocycles. The van der Waals surface area contributed by atoms with Gasteiger partial charge in [0.25, 0.3) is 0 Å². The number of unbranched alkanes of at least 4 members (excludes halogenated alkanes) is 1. The summed E-state index contributed by atoms with van der Waals surface area (Å²) in [5.74, 6) is -0.712. The van der Waals surface area contributed by atoms with Crippen LogP contribution in [0.3, 0.4) is 0 Å². The van der Waals surface area contributed by atoms with Crippen molar-refractivity contribution in [3.05, 3.63) is 99.6 Å². The second-order valence-electron chi connectivity index (χ2n) is 9.10. The Balaban J connectivity index is 2.00. The summed E-state index contributed by atoms with van der Waals surface area (Å²) in [4.78, 5) is 29.0. The second kappa shape index (κ2) is 14.3. The monoisotopic (exact) mass is 647 g/mol. The van der Waals surface area contributed by atoms with Crippen molar-refractivity contribution in [2.24, 2.45) is 0 Å². The van der Waals surface area contributed by atoms with E-state index in [1.807, 2.05) is 67.6 Å². The van der Waals surface area contributed by atoms with Gasteiger partial charge in [-0.25, -0.2) is 8.42 Å².